The van der Waals surface area contributed by atoms with Crippen molar-refractivity contribution in [3.63, 3.8) is 0 Å². The highest BCUT2D eigenvalue weighted by molar-refractivity contribution is 5.77. The monoisotopic (exact) mass is 318 g/mol. The average molecular weight is 318 g/mol. The summed E-state index contributed by atoms with van der Waals surface area (Å²) in [7, 11) is 3.45. The molecule has 2 aliphatic rings. The number of ether oxygens (including phenoxy) is 1. The van der Waals surface area contributed by atoms with Crippen LogP contribution in [-0.4, -0.2) is 60.2 Å². The molecule has 1 aromatic rings. The van der Waals surface area contributed by atoms with Gasteiger partial charge in [0, 0.05) is 39.3 Å². The molecule has 2 fully saturated rings. The first kappa shape index (κ1) is 16.3. The third-order valence-electron chi connectivity index (χ3n) is 4.91. The molecule has 1 aromatic carbocycles. The van der Waals surface area contributed by atoms with Crippen LogP contribution in [0.25, 0.3) is 0 Å². The van der Waals surface area contributed by atoms with Crippen molar-refractivity contribution in [2.75, 3.05) is 33.8 Å². The van der Waals surface area contributed by atoms with Gasteiger partial charge in [-0.25, -0.2) is 0 Å². The van der Waals surface area contributed by atoms with Crippen molar-refractivity contribution in [3.8, 4) is 5.75 Å². The molecule has 1 heterocycles. The first-order valence-electron chi connectivity index (χ1n) is 8.33. The molecule has 1 atom stereocenters. The fraction of sp³-hybridized carbons (Fsp3) is 0.611. The smallest absolute Gasteiger partial charge is 0.259 e. The Hall–Kier alpha value is -1.59. The highest BCUT2D eigenvalue weighted by Crippen LogP contribution is 2.44. The highest BCUT2D eigenvalue weighted by Gasteiger charge is 2.47. The van der Waals surface area contributed by atoms with E-state index in [9.17, 15) is 9.90 Å². The van der Waals surface area contributed by atoms with Crippen molar-refractivity contribution >= 4 is 5.91 Å². The molecule has 5 heteroatoms. The van der Waals surface area contributed by atoms with E-state index in [1.54, 1.807) is 14.1 Å². The Morgan fingerprint density at radius 2 is 2.13 bits per heavy atom. The van der Waals surface area contributed by atoms with Crippen LogP contribution in [0.5, 0.6) is 5.75 Å². The highest BCUT2D eigenvalue weighted by atomic mass is 16.5. The number of amides is 1. The second-order valence-electron chi connectivity index (χ2n) is 7.02. The molecule has 1 aliphatic carbocycles. The Balaban J connectivity index is 1.61. The number of aliphatic hydroxyl groups is 1. The van der Waals surface area contributed by atoms with E-state index in [4.69, 9.17) is 4.74 Å². The van der Waals surface area contributed by atoms with E-state index in [0.717, 1.165) is 50.2 Å². The second kappa shape index (κ2) is 6.49. The normalized spacial score (nSPS) is 24.7. The van der Waals surface area contributed by atoms with Crippen molar-refractivity contribution in [3.05, 3.63) is 29.8 Å². The number of likely N-dealkylation sites (N-methyl/N-ethyl adjacent to an activating group) is 1. The van der Waals surface area contributed by atoms with Gasteiger partial charge in [0.25, 0.3) is 5.91 Å². The van der Waals surface area contributed by atoms with Crippen LogP contribution in [0, 0.1) is 5.92 Å². The van der Waals surface area contributed by atoms with E-state index >= 15 is 0 Å². The van der Waals surface area contributed by atoms with E-state index < -0.39 is 5.60 Å². The third kappa shape index (κ3) is 3.85. The van der Waals surface area contributed by atoms with Gasteiger partial charge in [-0.05, 0) is 31.2 Å². The summed E-state index contributed by atoms with van der Waals surface area (Å²) in [6.45, 7) is 2.46. The lowest BCUT2D eigenvalue weighted by atomic mass is 9.97. The van der Waals surface area contributed by atoms with Gasteiger partial charge in [-0.3, -0.25) is 9.69 Å². The van der Waals surface area contributed by atoms with Gasteiger partial charge in [-0.1, -0.05) is 18.2 Å². The van der Waals surface area contributed by atoms with Crippen molar-refractivity contribution < 1.29 is 14.6 Å². The topological polar surface area (TPSA) is 53.0 Å². The molecule has 1 saturated carbocycles. The number of likely N-dealkylation sites (tertiary alicyclic amines) is 1. The summed E-state index contributed by atoms with van der Waals surface area (Å²) in [5.41, 5.74) is 0.579. The standard InChI is InChI=1S/C18H26N2O3/c1-19(2)17(21)12-23-16-6-4-3-5-14(16)11-20-10-9-18(22,13-20)15-7-8-15/h3-6,15,22H,7-13H2,1-2H3. The quantitative estimate of drug-likeness (QED) is 0.864. The molecule has 23 heavy (non-hydrogen) atoms. The minimum Gasteiger partial charge on any atom is -0.483 e. The fourth-order valence-corrected chi connectivity index (χ4v) is 3.27. The summed E-state index contributed by atoms with van der Waals surface area (Å²) >= 11 is 0. The van der Waals surface area contributed by atoms with E-state index in [2.05, 4.69) is 4.90 Å². The van der Waals surface area contributed by atoms with Gasteiger partial charge < -0.3 is 14.7 Å². The van der Waals surface area contributed by atoms with Crippen molar-refractivity contribution in [2.24, 2.45) is 5.92 Å². The van der Waals surface area contributed by atoms with Gasteiger partial charge in [-0.15, -0.1) is 0 Å². The van der Waals surface area contributed by atoms with E-state index in [1.165, 1.54) is 4.90 Å². The van der Waals surface area contributed by atoms with Crippen LogP contribution in [0.1, 0.15) is 24.8 Å². The molecule has 126 valence electrons. The number of hydrogen-bond acceptors (Lipinski definition) is 4. The van der Waals surface area contributed by atoms with Gasteiger partial charge in [0.05, 0.1) is 5.60 Å². The predicted octanol–water partition coefficient (Wildman–Crippen LogP) is 1.50. The maximum atomic E-state index is 11.7. The maximum Gasteiger partial charge on any atom is 0.259 e. The molecule has 1 N–H and O–H groups in total. The second-order valence-corrected chi connectivity index (χ2v) is 7.02. The molecule has 1 saturated heterocycles. The minimum absolute atomic E-state index is 0.0516. The van der Waals surface area contributed by atoms with Crippen molar-refractivity contribution in [2.45, 2.75) is 31.4 Å². The fourth-order valence-electron chi connectivity index (χ4n) is 3.27. The zero-order chi connectivity index (χ0) is 16.4. The molecule has 1 unspecified atom stereocenters. The number of nitrogens with zero attached hydrogens (tertiary/aromatic N) is 2. The van der Waals surface area contributed by atoms with Gasteiger partial charge in [0.2, 0.25) is 0 Å². The summed E-state index contributed by atoms with van der Waals surface area (Å²) in [5, 5.41) is 10.7. The Labute approximate surface area is 137 Å². The lowest BCUT2D eigenvalue weighted by molar-refractivity contribution is -0.130. The molecule has 0 spiro atoms. The number of rotatable bonds is 6. The number of benzene rings is 1. The Kier molecular flexibility index (Phi) is 4.60. The molecule has 0 radical (unpaired) electrons. The Morgan fingerprint density at radius 1 is 1.39 bits per heavy atom. The number of β-amino-alcohol motifs (C(OH)–C–C–N with tert-alkyl or cyclic N) is 1. The van der Waals surface area contributed by atoms with Crippen LogP contribution >= 0.6 is 0 Å². The molecule has 1 aliphatic heterocycles. The SMILES string of the molecule is CN(C)C(=O)COc1ccccc1CN1CCC(O)(C2CC2)C1. The van der Waals surface area contributed by atoms with E-state index in [0.29, 0.717) is 5.92 Å². The van der Waals surface area contributed by atoms with Crippen LogP contribution in [0.4, 0.5) is 0 Å². The average Bonchev–Trinajstić information content (AvgIpc) is 3.32. The lowest BCUT2D eigenvalue weighted by Crippen LogP contribution is -2.35. The van der Waals surface area contributed by atoms with Crippen LogP contribution in [0.15, 0.2) is 24.3 Å². The summed E-state index contributed by atoms with van der Waals surface area (Å²) in [4.78, 5) is 15.5. The zero-order valence-electron chi connectivity index (χ0n) is 14.0. The molecule has 0 bridgehead atoms. The van der Waals surface area contributed by atoms with Crippen LogP contribution < -0.4 is 4.74 Å². The van der Waals surface area contributed by atoms with Gasteiger partial charge in [-0.2, -0.15) is 0 Å². The van der Waals surface area contributed by atoms with Gasteiger partial charge in [0.15, 0.2) is 6.61 Å². The molecule has 3 rings (SSSR count). The van der Waals surface area contributed by atoms with Gasteiger partial charge in [0.1, 0.15) is 5.75 Å². The summed E-state index contributed by atoms with van der Waals surface area (Å²) in [6.07, 6.45) is 3.19. The zero-order valence-corrected chi connectivity index (χ0v) is 14.0. The first-order chi connectivity index (χ1) is 11.0. The Bertz CT molecular complexity index is 571. The van der Waals surface area contributed by atoms with Crippen molar-refractivity contribution in [1.82, 2.24) is 9.80 Å². The van der Waals surface area contributed by atoms with Crippen LogP contribution in [-0.2, 0) is 11.3 Å². The Morgan fingerprint density at radius 3 is 2.83 bits per heavy atom. The number of carbonyl (C=O) groups excluding carboxylic acids is 1. The van der Waals surface area contributed by atoms with Crippen molar-refractivity contribution in [1.29, 1.82) is 0 Å². The van der Waals surface area contributed by atoms with Gasteiger partial charge >= 0.3 is 0 Å². The predicted molar refractivity (Wildman–Crippen MR) is 88.2 cm³/mol. The third-order valence-corrected chi connectivity index (χ3v) is 4.91. The summed E-state index contributed by atoms with van der Waals surface area (Å²) < 4.78 is 5.70. The molecule has 1 amide bonds. The van der Waals surface area contributed by atoms with E-state index in [1.807, 2.05) is 24.3 Å². The van der Waals surface area contributed by atoms with Crippen LogP contribution in [0.2, 0.25) is 0 Å². The summed E-state index contributed by atoms with van der Waals surface area (Å²) in [5.74, 6) is 1.20. The lowest BCUT2D eigenvalue weighted by Gasteiger charge is -2.23. The molecular weight excluding hydrogens is 292 g/mol. The number of para-hydroxylation sites is 1. The first-order valence-corrected chi connectivity index (χ1v) is 8.33. The molecule has 0 aromatic heterocycles. The maximum absolute atomic E-state index is 11.7. The largest absolute Gasteiger partial charge is 0.483 e. The molecular formula is C18H26N2O3. The van der Waals surface area contributed by atoms with E-state index in [-0.39, 0.29) is 12.5 Å². The summed E-state index contributed by atoms with van der Waals surface area (Å²) in [6, 6.07) is 7.84. The number of carbonyl (C=O) groups is 1. The number of hydrogen-bond donors (Lipinski definition) is 1. The van der Waals surface area contributed by atoms with Crippen LogP contribution in [0.3, 0.4) is 0 Å². The molecule has 5 nitrogen and oxygen atoms in total. The minimum atomic E-state index is -0.489.